The van der Waals surface area contributed by atoms with Crippen LogP contribution in [-0.2, 0) is 36.3 Å². The van der Waals surface area contributed by atoms with Crippen molar-refractivity contribution in [2.45, 2.75) is 42.2 Å². The average molecular weight is 501 g/mol. The third kappa shape index (κ3) is 3.42. The maximum atomic E-state index is 15.0. The Kier molecular flexibility index (Phi) is 4.98. The second-order valence-corrected chi connectivity index (χ2v) is 12.1. The van der Waals surface area contributed by atoms with E-state index in [2.05, 4.69) is 27.8 Å². The number of aryl methyl sites for hydroxylation is 1. The van der Waals surface area contributed by atoms with E-state index in [1.807, 2.05) is 24.3 Å². The van der Waals surface area contributed by atoms with Gasteiger partial charge in [0.2, 0.25) is 10.0 Å². The third-order valence-electron chi connectivity index (χ3n) is 7.91. The highest BCUT2D eigenvalue weighted by molar-refractivity contribution is 7.89. The molecular weight excluding hydrogens is 475 g/mol. The Bertz CT molecular complexity index is 1400. The van der Waals surface area contributed by atoms with Crippen LogP contribution in [0.4, 0.5) is 4.39 Å². The zero-order valence-electron chi connectivity index (χ0n) is 19.0. The number of hydrogen-bond acceptors (Lipinski definition) is 4. The van der Waals surface area contributed by atoms with Gasteiger partial charge in [-0.05, 0) is 72.7 Å². The molecule has 6 nitrogen and oxygen atoms in total. The fourth-order valence-corrected chi connectivity index (χ4v) is 7.51. The van der Waals surface area contributed by atoms with Crippen molar-refractivity contribution in [2.24, 2.45) is 12.5 Å². The maximum absolute atomic E-state index is 15.0. The molecule has 3 aromatic rings. The van der Waals surface area contributed by atoms with Gasteiger partial charge in [-0.25, -0.2) is 17.5 Å². The Morgan fingerprint density at radius 1 is 1.24 bits per heavy atom. The van der Waals surface area contributed by atoms with Crippen molar-refractivity contribution in [2.75, 3.05) is 13.6 Å². The van der Waals surface area contributed by atoms with Crippen molar-refractivity contribution >= 4 is 21.6 Å². The van der Waals surface area contributed by atoms with E-state index in [1.165, 1.54) is 28.2 Å². The summed E-state index contributed by atoms with van der Waals surface area (Å²) < 4.78 is 44.0. The number of sulfonamides is 1. The molecule has 2 fully saturated rings. The summed E-state index contributed by atoms with van der Waals surface area (Å²) in [4.78, 5) is 2.49. The molecule has 1 saturated carbocycles. The van der Waals surface area contributed by atoms with Crippen LogP contribution in [0.15, 0.2) is 53.7 Å². The fourth-order valence-electron chi connectivity index (χ4n) is 6.29. The van der Waals surface area contributed by atoms with E-state index in [0.717, 1.165) is 23.4 Å². The zero-order valence-corrected chi connectivity index (χ0v) is 20.6. The highest BCUT2D eigenvalue weighted by Gasteiger charge is 2.84. The Labute approximate surface area is 203 Å². The summed E-state index contributed by atoms with van der Waals surface area (Å²) in [6.45, 7) is 0.116. The molecule has 9 heteroatoms. The first kappa shape index (κ1) is 22.2. The number of nitrogens with zero attached hydrogens (tertiary/aromatic N) is 3. The van der Waals surface area contributed by atoms with E-state index in [4.69, 9.17) is 11.6 Å². The molecule has 0 amide bonds. The number of nitrogens with one attached hydrogen (secondary N) is 1. The number of fused-ring (bicyclic) bond motifs is 4. The van der Waals surface area contributed by atoms with Crippen LogP contribution in [0.2, 0.25) is 5.02 Å². The summed E-state index contributed by atoms with van der Waals surface area (Å²) in [6.07, 6.45) is 4.79. The minimum atomic E-state index is -3.68. The van der Waals surface area contributed by atoms with Gasteiger partial charge < -0.3 is 0 Å². The highest BCUT2D eigenvalue weighted by Crippen LogP contribution is 2.76. The number of aromatic nitrogens is 2. The van der Waals surface area contributed by atoms with Crippen molar-refractivity contribution in [3.63, 3.8) is 0 Å². The van der Waals surface area contributed by atoms with Crippen LogP contribution in [0.3, 0.4) is 0 Å². The van der Waals surface area contributed by atoms with Crippen molar-refractivity contribution in [3.05, 3.63) is 81.9 Å². The lowest BCUT2D eigenvalue weighted by Crippen LogP contribution is -2.31. The lowest BCUT2D eigenvalue weighted by atomic mass is 9.81. The van der Waals surface area contributed by atoms with Crippen LogP contribution in [0, 0.1) is 11.2 Å². The Morgan fingerprint density at radius 3 is 2.71 bits per heavy atom. The van der Waals surface area contributed by atoms with Gasteiger partial charge in [0.25, 0.3) is 0 Å². The molecule has 2 heterocycles. The second kappa shape index (κ2) is 7.62. The SMILES string of the molecule is CN1C2C1C21Cc2cc(F)c(CCNS(=O)(=O)c3cnn(C)c3)cc2C1Cc1cccc(Cl)c1. The van der Waals surface area contributed by atoms with Crippen molar-refractivity contribution in [1.29, 1.82) is 0 Å². The highest BCUT2D eigenvalue weighted by atomic mass is 35.5. The van der Waals surface area contributed by atoms with Crippen LogP contribution in [-0.4, -0.2) is 48.8 Å². The molecule has 2 aromatic carbocycles. The molecular formula is C25H26ClFN4O2S. The van der Waals surface area contributed by atoms with Gasteiger partial charge in [0.1, 0.15) is 10.7 Å². The minimum absolute atomic E-state index is 0.102. The zero-order chi connectivity index (χ0) is 23.8. The molecule has 1 spiro atoms. The summed E-state index contributed by atoms with van der Waals surface area (Å²) >= 11 is 6.24. The minimum Gasteiger partial charge on any atom is -0.296 e. The van der Waals surface area contributed by atoms with Gasteiger partial charge >= 0.3 is 0 Å². The van der Waals surface area contributed by atoms with Crippen LogP contribution < -0.4 is 4.72 Å². The number of likely N-dealkylation sites (N-methyl/N-ethyl adjacent to an activating group) is 1. The first-order chi connectivity index (χ1) is 16.2. The van der Waals surface area contributed by atoms with Gasteiger partial charge in [-0.15, -0.1) is 0 Å². The lowest BCUT2D eigenvalue weighted by Gasteiger charge is -2.29. The molecule has 3 unspecified atom stereocenters. The van der Waals surface area contributed by atoms with Crippen LogP contribution in [0.1, 0.15) is 28.2 Å². The van der Waals surface area contributed by atoms with Crippen molar-refractivity contribution < 1.29 is 12.8 Å². The summed E-state index contributed by atoms with van der Waals surface area (Å²) in [5, 5.41) is 4.64. The molecule has 2 aliphatic carbocycles. The summed E-state index contributed by atoms with van der Waals surface area (Å²) in [6, 6.07) is 12.8. The molecule has 0 bridgehead atoms. The molecule has 1 aromatic heterocycles. The monoisotopic (exact) mass is 500 g/mol. The largest absolute Gasteiger partial charge is 0.296 e. The van der Waals surface area contributed by atoms with Gasteiger partial charge in [0.05, 0.1) is 6.20 Å². The van der Waals surface area contributed by atoms with Gasteiger partial charge in [-0.3, -0.25) is 9.58 Å². The predicted octanol–water partition coefficient (Wildman–Crippen LogP) is 3.30. The molecule has 3 aliphatic rings. The van der Waals surface area contributed by atoms with Crippen LogP contribution in [0.25, 0.3) is 0 Å². The van der Waals surface area contributed by atoms with E-state index in [9.17, 15) is 8.42 Å². The molecule has 1 aliphatic heterocycles. The third-order valence-corrected chi connectivity index (χ3v) is 9.57. The normalized spacial score (nSPS) is 28.7. The second-order valence-electron chi connectivity index (χ2n) is 9.87. The van der Waals surface area contributed by atoms with Gasteiger partial charge in [0, 0.05) is 42.3 Å². The average Bonchev–Trinajstić information content (AvgIpc) is 3.53. The first-order valence-electron chi connectivity index (χ1n) is 11.5. The quantitative estimate of drug-likeness (QED) is 0.505. The number of hydrogen-bond donors (Lipinski definition) is 1. The fraction of sp³-hybridized carbons (Fsp3) is 0.400. The number of rotatable bonds is 7. The predicted molar refractivity (Wildman–Crippen MR) is 128 cm³/mol. The number of likely N-dealkylation sites (tertiary alicyclic amines) is 1. The van der Waals surface area contributed by atoms with Crippen molar-refractivity contribution in [3.8, 4) is 0 Å². The molecule has 3 atom stereocenters. The van der Waals surface area contributed by atoms with E-state index < -0.39 is 10.0 Å². The Balaban J connectivity index is 1.24. The van der Waals surface area contributed by atoms with E-state index in [1.54, 1.807) is 13.1 Å². The molecule has 0 radical (unpaired) electrons. The Hall–Kier alpha value is -2.26. The van der Waals surface area contributed by atoms with Gasteiger partial charge in [-0.1, -0.05) is 29.8 Å². The standard InChI is InChI=1S/C25H26ClFN4O2S/c1-30-14-19(13-28-30)34(32,33)29-7-6-16-10-20-17(11-22(16)27)12-25(23-24(25)31(23)2)21(20)9-15-4-3-5-18(26)8-15/h3-5,8,10-11,13-14,21,23-24,29H,6-7,9,12H2,1-2H3. The number of benzene rings is 2. The molecule has 178 valence electrons. The van der Waals surface area contributed by atoms with Crippen LogP contribution >= 0.6 is 11.6 Å². The molecule has 1 N–H and O–H groups in total. The van der Waals surface area contributed by atoms with E-state index in [0.29, 0.717) is 23.6 Å². The van der Waals surface area contributed by atoms with Gasteiger partial charge in [0.15, 0.2) is 0 Å². The molecule has 34 heavy (non-hydrogen) atoms. The molecule has 1 saturated heterocycles. The topological polar surface area (TPSA) is 67.0 Å². The van der Waals surface area contributed by atoms with Crippen LogP contribution in [0.5, 0.6) is 0 Å². The summed E-state index contributed by atoms with van der Waals surface area (Å²) in [5.41, 5.74) is 4.21. The number of halogens is 2. The lowest BCUT2D eigenvalue weighted by molar-refractivity contribution is 0.226. The summed E-state index contributed by atoms with van der Waals surface area (Å²) in [5.74, 6) is 0.0409. The van der Waals surface area contributed by atoms with E-state index in [-0.39, 0.29) is 29.1 Å². The maximum Gasteiger partial charge on any atom is 0.243 e. The smallest absolute Gasteiger partial charge is 0.243 e. The van der Waals surface area contributed by atoms with Gasteiger partial charge in [-0.2, -0.15) is 5.10 Å². The molecule has 6 rings (SSSR count). The Morgan fingerprint density at radius 2 is 2.03 bits per heavy atom. The first-order valence-corrected chi connectivity index (χ1v) is 13.3. The van der Waals surface area contributed by atoms with Crippen molar-refractivity contribution in [1.82, 2.24) is 19.4 Å². The van der Waals surface area contributed by atoms with E-state index >= 15 is 4.39 Å². The summed E-state index contributed by atoms with van der Waals surface area (Å²) in [7, 11) is 0.133.